The van der Waals surface area contributed by atoms with Gasteiger partial charge in [0, 0.05) is 6.04 Å². The first-order valence-corrected chi connectivity index (χ1v) is 7.45. The molecular formula is C16H23N3. The molecule has 1 aliphatic heterocycles. The van der Waals surface area contributed by atoms with Gasteiger partial charge in [-0.15, -0.1) is 0 Å². The number of hydrogen-bond donors (Lipinski definition) is 1. The van der Waals surface area contributed by atoms with Crippen molar-refractivity contribution in [2.75, 3.05) is 6.54 Å². The van der Waals surface area contributed by atoms with E-state index in [2.05, 4.69) is 41.9 Å². The van der Waals surface area contributed by atoms with Crippen LogP contribution in [0.3, 0.4) is 0 Å². The normalized spacial score (nSPS) is 21.1. The third-order valence-electron chi connectivity index (χ3n) is 4.26. The lowest BCUT2D eigenvalue weighted by Crippen LogP contribution is -2.38. The third-order valence-corrected chi connectivity index (χ3v) is 4.26. The van der Waals surface area contributed by atoms with Crippen molar-refractivity contribution in [3.63, 3.8) is 0 Å². The third kappa shape index (κ3) is 2.66. The largest absolute Gasteiger partial charge is 0.341 e. The molecule has 2 aromatic rings. The molecule has 0 bridgehead atoms. The van der Waals surface area contributed by atoms with Gasteiger partial charge in [-0.3, -0.25) is 4.90 Å². The van der Waals surface area contributed by atoms with Gasteiger partial charge in [0.15, 0.2) is 0 Å². The summed E-state index contributed by atoms with van der Waals surface area (Å²) in [6.45, 7) is 6.60. The highest BCUT2D eigenvalue weighted by atomic mass is 15.2. The molecule has 0 aliphatic carbocycles. The van der Waals surface area contributed by atoms with E-state index in [-0.39, 0.29) is 0 Å². The number of hydrogen-bond acceptors (Lipinski definition) is 2. The van der Waals surface area contributed by atoms with Gasteiger partial charge in [-0.05, 0) is 50.4 Å². The Bertz CT molecular complexity index is 558. The Morgan fingerprint density at radius 2 is 2.26 bits per heavy atom. The van der Waals surface area contributed by atoms with Crippen LogP contribution in [0.25, 0.3) is 11.0 Å². The number of aryl methyl sites for hydroxylation is 1. The molecule has 1 aromatic heterocycles. The van der Waals surface area contributed by atoms with Crippen molar-refractivity contribution >= 4 is 11.0 Å². The van der Waals surface area contributed by atoms with E-state index < -0.39 is 0 Å². The number of benzene rings is 1. The molecule has 102 valence electrons. The smallest absolute Gasteiger partial charge is 0.121 e. The molecule has 1 aliphatic rings. The Kier molecular flexibility index (Phi) is 3.56. The maximum Gasteiger partial charge on any atom is 0.121 e. The molecule has 3 heteroatoms. The van der Waals surface area contributed by atoms with Crippen LogP contribution >= 0.6 is 0 Å². The fourth-order valence-corrected chi connectivity index (χ4v) is 3.17. The first-order chi connectivity index (χ1) is 9.26. The van der Waals surface area contributed by atoms with Crippen LogP contribution in [0.15, 0.2) is 18.2 Å². The number of nitrogens with one attached hydrogen (secondary N) is 1. The number of rotatable bonds is 3. The van der Waals surface area contributed by atoms with Crippen LogP contribution < -0.4 is 0 Å². The number of piperidine rings is 1. The minimum atomic E-state index is 0.740. The molecule has 1 N–H and O–H groups in total. The average Bonchev–Trinajstić information content (AvgIpc) is 2.80. The van der Waals surface area contributed by atoms with E-state index in [9.17, 15) is 0 Å². The van der Waals surface area contributed by atoms with Gasteiger partial charge in [-0.25, -0.2) is 4.98 Å². The Hall–Kier alpha value is -1.35. The Labute approximate surface area is 115 Å². The molecule has 1 saturated heterocycles. The van der Waals surface area contributed by atoms with Gasteiger partial charge < -0.3 is 4.98 Å². The molecule has 0 spiro atoms. The average molecular weight is 257 g/mol. The second-order valence-corrected chi connectivity index (χ2v) is 5.73. The zero-order chi connectivity index (χ0) is 13.2. The van der Waals surface area contributed by atoms with Crippen molar-refractivity contribution in [3.05, 3.63) is 29.6 Å². The molecule has 3 nitrogen and oxygen atoms in total. The number of likely N-dealkylation sites (tertiary alicyclic amines) is 1. The van der Waals surface area contributed by atoms with Crippen LogP contribution in [0, 0.1) is 6.92 Å². The summed E-state index contributed by atoms with van der Waals surface area (Å²) >= 11 is 0. The molecule has 0 amide bonds. The number of aromatic amines is 1. The standard InChI is InChI=1S/C16H23N3/c1-3-13-6-4-5-9-19(13)11-16-17-14-8-7-12(2)10-15(14)18-16/h7-8,10,13H,3-6,9,11H2,1-2H3,(H,17,18). The summed E-state index contributed by atoms with van der Waals surface area (Å²) < 4.78 is 0. The fraction of sp³-hybridized carbons (Fsp3) is 0.562. The first kappa shape index (κ1) is 12.7. The zero-order valence-electron chi connectivity index (χ0n) is 11.9. The maximum atomic E-state index is 4.72. The lowest BCUT2D eigenvalue weighted by atomic mass is 10.0. The van der Waals surface area contributed by atoms with Gasteiger partial charge in [-0.2, -0.15) is 0 Å². The molecule has 1 fully saturated rings. The number of imidazole rings is 1. The molecule has 1 unspecified atom stereocenters. The summed E-state index contributed by atoms with van der Waals surface area (Å²) in [4.78, 5) is 10.8. The SMILES string of the molecule is CCC1CCCCN1Cc1nc2ccc(C)cc2[nH]1. The topological polar surface area (TPSA) is 31.9 Å². The van der Waals surface area contributed by atoms with E-state index in [4.69, 9.17) is 4.98 Å². The Morgan fingerprint density at radius 1 is 1.37 bits per heavy atom. The van der Waals surface area contributed by atoms with Crippen molar-refractivity contribution in [1.29, 1.82) is 0 Å². The highest BCUT2D eigenvalue weighted by Gasteiger charge is 2.21. The van der Waals surface area contributed by atoms with Gasteiger partial charge in [0.05, 0.1) is 17.6 Å². The zero-order valence-corrected chi connectivity index (χ0v) is 11.9. The number of H-pyrrole nitrogens is 1. The molecule has 0 radical (unpaired) electrons. The van der Waals surface area contributed by atoms with E-state index >= 15 is 0 Å². The molecule has 3 rings (SSSR count). The number of aromatic nitrogens is 2. The van der Waals surface area contributed by atoms with E-state index in [1.165, 1.54) is 43.3 Å². The first-order valence-electron chi connectivity index (χ1n) is 7.45. The second kappa shape index (κ2) is 5.33. The van der Waals surface area contributed by atoms with Gasteiger partial charge in [0.2, 0.25) is 0 Å². The Morgan fingerprint density at radius 3 is 3.11 bits per heavy atom. The van der Waals surface area contributed by atoms with E-state index in [0.29, 0.717) is 0 Å². The monoisotopic (exact) mass is 257 g/mol. The summed E-state index contributed by atoms with van der Waals surface area (Å²) in [5.41, 5.74) is 3.54. The predicted molar refractivity (Wildman–Crippen MR) is 79.2 cm³/mol. The minimum absolute atomic E-state index is 0.740. The molecule has 1 aromatic carbocycles. The van der Waals surface area contributed by atoms with Gasteiger partial charge in [0.1, 0.15) is 5.82 Å². The van der Waals surface area contributed by atoms with Crippen molar-refractivity contribution in [2.45, 2.75) is 52.1 Å². The van der Waals surface area contributed by atoms with Crippen LogP contribution in [-0.2, 0) is 6.54 Å². The van der Waals surface area contributed by atoms with E-state index in [1.807, 2.05) is 0 Å². The van der Waals surface area contributed by atoms with Crippen molar-refractivity contribution in [2.24, 2.45) is 0 Å². The summed E-state index contributed by atoms with van der Waals surface area (Å²) in [5, 5.41) is 0. The van der Waals surface area contributed by atoms with Crippen LogP contribution in [-0.4, -0.2) is 27.5 Å². The van der Waals surface area contributed by atoms with Crippen molar-refractivity contribution in [3.8, 4) is 0 Å². The molecular weight excluding hydrogens is 234 g/mol. The molecule has 0 saturated carbocycles. The number of nitrogens with zero attached hydrogens (tertiary/aromatic N) is 2. The highest BCUT2D eigenvalue weighted by Crippen LogP contribution is 2.22. The maximum absolute atomic E-state index is 4.72. The highest BCUT2D eigenvalue weighted by molar-refractivity contribution is 5.75. The summed E-state index contributed by atoms with van der Waals surface area (Å²) in [6, 6.07) is 7.16. The predicted octanol–water partition coefficient (Wildman–Crippen LogP) is 3.64. The van der Waals surface area contributed by atoms with E-state index in [0.717, 1.165) is 23.9 Å². The van der Waals surface area contributed by atoms with Crippen LogP contribution in [0.4, 0.5) is 0 Å². The summed E-state index contributed by atoms with van der Waals surface area (Å²) in [6.07, 6.45) is 5.30. The lowest BCUT2D eigenvalue weighted by molar-refractivity contribution is 0.133. The van der Waals surface area contributed by atoms with Crippen LogP contribution in [0.5, 0.6) is 0 Å². The van der Waals surface area contributed by atoms with Gasteiger partial charge in [-0.1, -0.05) is 19.4 Å². The second-order valence-electron chi connectivity index (χ2n) is 5.73. The van der Waals surface area contributed by atoms with Crippen molar-refractivity contribution in [1.82, 2.24) is 14.9 Å². The summed E-state index contributed by atoms with van der Waals surface area (Å²) in [5.74, 6) is 1.11. The molecule has 19 heavy (non-hydrogen) atoms. The Balaban J connectivity index is 1.80. The fourth-order valence-electron chi connectivity index (χ4n) is 3.17. The van der Waals surface area contributed by atoms with E-state index in [1.54, 1.807) is 0 Å². The summed E-state index contributed by atoms with van der Waals surface area (Å²) in [7, 11) is 0. The quantitative estimate of drug-likeness (QED) is 0.910. The van der Waals surface area contributed by atoms with Gasteiger partial charge >= 0.3 is 0 Å². The number of fused-ring (bicyclic) bond motifs is 1. The lowest BCUT2D eigenvalue weighted by Gasteiger charge is -2.34. The van der Waals surface area contributed by atoms with Gasteiger partial charge in [0.25, 0.3) is 0 Å². The minimum Gasteiger partial charge on any atom is -0.341 e. The van der Waals surface area contributed by atoms with Crippen LogP contribution in [0.1, 0.15) is 44.0 Å². The molecule has 2 heterocycles. The molecule has 1 atom stereocenters. The van der Waals surface area contributed by atoms with Crippen molar-refractivity contribution < 1.29 is 0 Å². The van der Waals surface area contributed by atoms with Crippen LogP contribution in [0.2, 0.25) is 0 Å².